The Hall–Kier alpha value is -0.120. The minimum atomic E-state index is -0.0684. The summed E-state index contributed by atoms with van der Waals surface area (Å²) in [5.41, 5.74) is 0. The molecule has 0 amide bonds. The second kappa shape index (κ2) is 8.12. The Labute approximate surface area is 136 Å². The molecule has 2 saturated carbocycles. The van der Waals surface area contributed by atoms with E-state index in [4.69, 9.17) is 0 Å². The first-order chi connectivity index (χ1) is 10.8. The minimum absolute atomic E-state index is 0.0684. The molecule has 0 aromatic carbocycles. The Kier molecular flexibility index (Phi) is 6.17. The Bertz CT molecular complexity index is 327. The third kappa shape index (κ3) is 4.04. The maximum Gasteiger partial charge on any atom is 0.0695 e. The highest BCUT2D eigenvalue weighted by Crippen LogP contribution is 2.29. The van der Waals surface area contributed by atoms with E-state index in [0.717, 1.165) is 18.4 Å². The maximum absolute atomic E-state index is 10.3. The first kappa shape index (κ1) is 16.7. The van der Waals surface area contributed by atoms with Gasteiger partial charge in [0.05, 0.1) is 6.10 Å². The molecule has 3 fully saturated rings. The quantitative estimate of drug-likeness (QED) is 0.836. The van der Waals surface area contributed by atoms with Crippen molar-refractivity contribution in [3.8, 4) is 0 Å². The van der Waals surface area contributed by atoms with Crippen LogP contribution in [0.25, 0.3) is 0 Å². The van der Waals surface area contributed by atoms with Gasteiger partial charge in [0.25, 0.3) is 0 Å². The van der Waals surface area contributed by atoms with Gasteiger partial charge in [0, 0.05) is 31.2 Å². The number of hydrogen-bond donors (Lipinski definition) is 2. The van der Waals surface area contributed by atoms with E-state index in [1.54, 1.807) is 0 Å². The molecule has 4 atom stereocenters. The van der Waals surface area contributed by atoms with Gasteiger partial charge in [-0.2, -0.15) is 0 Å². The molecule has 1 heterocycles. The summed E-state index contributed by atoms with van der Waals surface area (Å²) >= 11 is 0. The van der Waals surface area contributed by atoms with E-state index in [2.05, 4.69) is 17.1 Å². The molecule has 2 N–H and O–H groups in total. The van der Waals surface area contributed by atoms with Crippen LogP contribution < -0.4 is 5.32 Å². The molecule has 0 aromatic heterocycles. The second-order valence-electron chi connectivity index (χ2n) is 7.96. The van der Waals surface area contributed by atoms with Gasteiger partial charge in [0.15, 0.2) is 0 Å². The molecule has 0 aromatic rings. The van der Waals surface area contributed by atoms with E-state index in [1.165, 1.54) is 77.3 Å². The van der Waals surface area contributed by atoms with Crippen molar-refractivity contribution in [1.82, 2.24) is 10.2 Å². The van der Waals surface area contributed by atoms with E-state index in [9.17, 15) is 5.11 Å². The van der Waals surface area contributed by atoms with Crippen molar-refractivity contribution in [3.05, 3.63) is 0 Å². The number of nitrogens with zero attached hydrogens (tertiary/aromatic N) is 1. The zero-order valence-electron chi connectivity index (χ0n) is 14.5. The lowest BCUT2D eigenvalue weighted by Crippen LogP contribution is -2.53. The molecule has 22 heavy (non-hydrogen) atoms. The van der Waals surface area contributed by atoms with Crippen molar-refractivity contribution >= 4 is 0 Å². The molecule has 3 heteroatoms. The van der Waals surface area contributed by atoms with Gasteiger partial charge in [-0.3, -0.25) is 4.90 Å². The Morgan fingerprint density at radius 1 is 0.909 bits per heavy atom. The maximum atomic E-state index is 10.3. The SMILES string of the molecule is CCC1CCCCC1NC1CCN(C2CCCCC2O)CC1. The predicted octanol–water partition coefficient (Wildman–Crippen LogP) is 3.31. The lowest BCUT2D eigenvalue weighted by molar-refractivity contribution is 0.00576. The second-order valence-corrected chi connectivity index (χ2v) is 7.96. The van der Waals surface area contributed by atoms with Crippen molar-refractivity contribution in [3.63, 3.8) is 0 Å². The first-order valence-electron chi connectivity index (χ1n) is 9.96. The molecule has 3 rings (SSSR count). The molecule has 128 valence electrons. The van der Waals surface area contributed by atoms with Crippen molar-refractivity contribution in [2.45, 2.75) is 102 Å². The lowest BCUT2D eigenvalue weighted by atomic mass is 9.82. The predicted molar refractivity (Wildman–Crippen MR) is 92.0 cm³/mol. The van der Waals surface area contributed by atoms with Gasteiger partial charge in [0.1, 0.15) is 0 Å². The zero-order chi connectivity index (χ0) is 15.4. The number of aliphatic hydroxyl groups is 1. The summed E-state index contributed by atoms with van der Waals surface area (Å²) in [7, 11) is 0. The lowest BCUT2D eigenvalue weighted by Gasteiger charge is -2.43. The highest BCUT2D eigenvalue weighted by Gasteiger charge is 2.33. The highest BCUT2D eigenvalue weighted by molar-refractivity contribution is 4.90. The molecular formula is C19H36N2O. The van der Waals surface area contributed by atoms with Crippen LogP contribution in [0.1, 0.15) is 77.6 Å². The van der Waals surface area contributed by atoms with Gasteiger partial charge >= 0.3 is 0 Å². The van der Waals surface area contributed by atoms with Crippen molar-refractivity contribution in [2.75, 3.05) is 13.1 Å². The molecular weight excluding hydrogens is 272 g/mol. The van der Waals surface area contributed by atoms with Crippen molar-refractivity contribution in [2.24, 2.45) is 5.92 Å². The Balaban J connectivity index is 1.45. The van der Waals surface area contributed by atoms with Crippen LogP contribution in [0.2, 0.25) is 0 Å². The molecule has 3 aliphatic rings. The third-order valence-electron chi connectivity index (χ3n) is 6.58. The number of likely N-dealkylation sites (tertiary alicyclic amines) is 1. The standard InChI is InChI=1S/C19H36N2O/c1-2-15-7-3-4-8-17(15)20-16-11-13-21(14-12-16)18-9-5-6-10-19(18)22/h15-20,22H,2-14H2,1H3. The van der Waals surface area contributed by atoms with Crippen LogP contribution in [0, 0.1) is 5.92 Å². The summed E-state index contributed by atoms with van der Waals surface area (Å²) in [6.45, 7) is 4.73. The number of hydrogen-bond acceptors (Lipinski definition) is 3. The van der Waals surface area contributed by atoms with Crippen molar-refractivity contribution in [1.29, 1.82) is 0 Å². The summed E-state index contributed by atoms with van der Waals surface area (Å²) in [5.74, 6) is 0.909. The number of aliphatic hydroxyl groups excluding tert-OH is 1. The normalized spacial score (nSPS) is 39.0. The molecule has 0 radical (unpaired) electrons. The fourth-order valence-electron chi connectivity index (χ4n) is 5.13. The van der Waals surface area contributed by atoms with Crippen LogP contribution in [-0.2, 0) is 0 Å². The fourth-order valence-corrected chi connectivity index (χ4v) is 5.13. The van der Waals surface area contributed by atoms with Gasteiger partial charge in [-0.05, 0) is 44.4 Å². The first-order valence-corrected chi connectivity index (χ1v) is 9.96. The van der Waals surface area contributed by atoms with Crippen LogP contribution in [0.5, 0.6) is 0 Å². The average molecular weight is 309 g/mol. The molecule has 0 bridgehead atoms. The minimum Gasteiger partial charge on any atom is -0.391 e. The van der Waals surface area contributed by atoms with E-state index < -0.39 is 0 Å². The van der Waals surface area contributed by atoms with E-state index >= 15 is 0 Å². The molecule has 0 spiro atoms. The summed E-state index contributed by atoms with van der Waals surface area (Å²) in [5, 5.41) is 14.3. The van der Waals surface area contributed by atoms with Gasteiger partial charge < -0.3 is 10.4 Å². The molecule has 1 saturated heterocycles. The van der Waals surface area contributed by atoms with Crippen LogP contribution in [0.15, 0.2) is 0 Å². The smallest absolute Gasteiger partial charge is 0.0695 e. The fraction of sp³-hybridized carbons (Fsp3) is 1.00. The molecule has 2 aliphatic carbocycles. The number of rotatable bonds is 4. The number of piperidine rings is 1. The third-order valence-corrected chi connectivity index (χ3v) is 6.58. The van der Waals surface area contributed by atoms with Gasteiger partial charge in [-0.1, -0.05) is 39.0 Å². The van der Waals surface area contributed by atoms with Crippen LogP contribution in [0.3, 0.4) is 0 Å². The molecule has 4 unspecified atom stereocenters. The van der Waals surface area contributed by atoms with E-state index in [1.807, 2.05) is 0 Å². The topological polar surface area (TPSA) is 35.5 Å². The average Bonchev–Trinajstić information content (AvgIpc) is 2.57. The van der Waals surface area contributed by atoms with E-state index in [-0.39, 0.29) is 6.10 Å². The molecule has 3 nitrogen and oxygen atoms in total. The summed E-state index contributed by atoms with van der Waals surface area (Å²) in [6, 6.07) is 1.94. The van der Waals surface area contributed by atoms with Crippen LogP contribution in [0.4, 0.5) is 0 Å². The number of nitrogens with one attached hydrogen (secondary N) is 1. The Morgan fingerprint density at radius 3 is 2.32 bits per heavy atom. The summed E-state index contributed by atoms with van der Waals surface area (Å²) in [4.78, 5) is 2.58. The van der Waals surface area contributed by atoms with Crippen molar-refractivity contribution < 1.29 is 5.11 Å². The van der Waals surface area contributed by atoms with Crippen LogP contribution in [-0.4, -0.2) is 47.3 Å². The van der Waals surface area contributed by atoms with Gasteiger partial charge in [0.2, 0.25) is 0 Å². The monoisotopic (exact) mass is 308 g/mol. The zero-order valence-corrected chi connectivity index (χ0v) is 14.5. The van der Waals surface area contributed by atoms with Crippen LogP contribution >= 0.6 is 0 Å². The van der Waals surface area contributed by atoms with Gasteiger partial charge in [-0.25, -0.2) is 0 Å². The van der Waals surface area contributed by atoms with Gasteiger partial charge in [-0.15, -0.1) is 0 Å². The van der Waals surface area contributed by atoms with E-state index in [0.29, 0.717) is 12.1 Å². The Morgan fingerprint density at radius 2 is 1.59 bits per heavy atom. The summed E-state index contributed by atoms with van der Waals surface area (Å²) in [6.07, 6.45) is 14.2. The summed E-state index contributed by atoms with van der Waals surface area (Å²) < 4.78 is 0. The highest BCUT2D eigenvalue weighted by atomic mass is 16.3. The largest absolute Gasteiger partial charge is 0.391 e. The molecule has 1 aliphatic heterocycles.